The van der Waals surface area contributed by atoms with Gasteiger partial charge in [-0.2, -0.15) is 0 Å². The van der Waals surface area contributed by atoms with E-state index < -0.39 is 28.9 Å². The summed E-state index contributed by atoms with van der Waals surface area (Å²) in [6, 6.07) is 21.0. The zero-order chi connectivity index (χ0) is 34.0. The molecule has 0 aliphatic heterocycles. The van der Waals surface area contributed by atoms with Crippen molar-refractivity contribution in [2.75, 3.05) is 17.7 Å². The molecule has 0 radical (unpaired) electrons. The smallest absolute Gasteiger partial charge is 0.341 e. The van der Waals surface area contributed by atoms with E-state index >= 15 is 0 Å². The number of hydrogen-bond donors (Lipinski definition) is 3. The molecule has 248 valence electrons. The summed E-state index contributed by atoms with van der Waals surface area (Å²) < 4.78 is 18.6. The monoisotopic (exact) mass is 685 g/mol. The number of nitrogens with one attached hydrogen (secondary N) is 3. The van der Waals surface area contributed by atoms with Crippen LogP contribution in [-0.2, 0) is 27.2 Å². The molecule has 3 N–H and O–H groups in total. The Bertz CT molecular complexity index is 1820. The van der Waals surface area contributed by atoms with Gasteiger partial charge in [0, 0.05) is 21.0 Å². The SMILES string of the molecule is COC(=O)c1c(NC(=O)C(C)Sc2cccc(NC(=O)/C(=C\c3ccc(F)cc3)NC(=O)c3ccccc3)c2)sc2c1CCCCCC2. The molecule has 0 fully saturated rings. The number of hydrogen-bond acceptors (Lipinski definition) is 7. The van der Waals surface area contributed by atoms with Crippen molar-refractivity contribution in [2.45, 2.75) is 55.6 Å². The van der Waals surface area contributed by atoms with Gasteiger partial charge < -0.3 is 20.7 Å². The minimum Gasteiger partial charge on any atom is -0.465 e. The maximum Gasteiger partial charge on any atom is 0.341 e. The number of esters is 1. The van der Waals surface area contributed by atoms with E-state index in [1.54, 1.807) is 55.5 Å². The van der Waals surface area contributed by atoms with Gasteiger partial charge in [-0.05, 0) is 92.3 Å². The lowest BCUT2D eigenvalue weighted by atomic mass is 9.96. The van der Waals surface area contributed by atoms with Crippen molar-refractivity contribution >= 4 is 63.6 Å². The first-order valence-corrected chi connectivity index (χ1v) is 17.4. The number of halogens is 1. The van der Waals surface area contributed by atoms with Crippen molar-refractivity contribution in [3.8, 4) is 0 Å². The van der Waals surface area contributed by atoms with Crippen LogP contribution in [0.3, 0.4) is 0 Å². The van der Waals surface area contributed by atoms with Gasteiger partial charge in [0.15, 0.2) is 0 Å². The molecule has 1 aliphatic rings. The average Bonchev–Trinajstić information content (AvgIpc) is 3.40. The van der Waals surface area contributed by atoms with Gasteiger partial charge in [-0.1, -0.05) is 49.2 Å². The van der Waals surface area contributed by atoms with E-state index in [-0.39, 0.29) is 11.6 Å². The molecule has 1 atom stereocenters. The standard InChI is InChI=1S/C37H36FN3O5S2/c1-23(33(42)41-36-32(37(45)46-2)29-15-8-3-4-9-16-31(29)48-36)47-28-14-10-13-27(22-28)39-35(44)30(21-24-17-19-26(38)20-18-24)40-34(43)25-11-6-5-7-12-25/h5-7,10-14,17-23H,3-4,8-9,15-16H2,1-2H3,(H,39,44)(H,40,43)(H,41,42)/b30-21+. The Kier molecular flexibility index (Phi) is 11.8. The molecule has 3 aromatic carbocycles. The fourth-order valence-corrected chi connectivity index (χ4v) is 7.52. The second kappa shape index (κ2) is 16.4. The summed E-state index contributed by atoms with van der Waals surface area (Å²) in [7, 11) is 1.35. The maximum atomic E-state index is 13.5. The normalized spacial score (nSPS) is 13.7. The molecular weight excluding hydrogens is 650 g/mol. The highest BCUT2D eigenvalue weighted by molar-refractivity contribution is 8.00. The third-order valence-corrected chi connectivity index (χ3v) is 10.1. The Labute approximate surface area is 287 Å². The van der Waals surface area contributed by atoms with Crippen LogP contribution in [0.4, 0.5) is 15.1 Å². The minimum atomic E-state index is -0.583. The zero-order valence-corrected chi connectivity index (χ0v) is 28.3. The van der Waals surface area contributed by atoms with Gasteiger partial charge in [0.1, 0.15) is 16.5 Å². The van der Waals surface area contributed by atoms with Gasteiger partial charge in [-0.15, -0.1) is 23.1 Å². The molecule has 5 rings (SSSR count). The van der Waals surface area contributed by atoms with E-state index in [9.17, 15) is 23.6 Å². The predicted molar refractivity (Wildman–Crippen MR) is 189 cm³/mol. The Morgan fingerprint density at radius 3 is 2.35 bits per heavy atom. The summed E-state index contributed by atoms with van der Waals surface area (Å²) in [5.74, 6) is -2.19. The molecular formula is C37H36FN3O5S2. The number of aryl methyl sites for hydroxylation is 1. The van der Waals surface area contributed by atoms with Crippen LogP contribution in [0.15, 0.2) is 89.5 Å². The van der Waals surface area contributed by atoms with E-state index in [4.69, 9.17) is 4.74 Å². The van der Waals surface area contributed by atoms with Crippen molar-refractivity contribution in [2.24, 2.45) is 0 Å². The number of methoxy groups -OCH3 is 1. The summed E-state index contributed by atoms with van der Waals surface area (Å²) in [6.07, 6.45) is 7.42. The summed E-state index contributed by atoms with van der Waals surface area (Å²) in [6.45, 7) is 1.77. The Balaban J connectivity index is 1.29. The number of amides is 3. The number of carbonyl (C=O) groups is 4. The molecule has 0 saturated carbocycles. The van der Waals surface area contributed by atoms with Crippen LogP contribution in [0, 0.1) is 5.82 Å². The van der Waals surface area contributed by atoms with Gasteiger partial charge in [-0.3, -0.25) is 14.4 Å². The molecule has 8 nitrogen and oxygen atoms in total. The summed E-state index contributed by atoms with van der Waals surface area (Å²) >= 11 is 2.75. The number of ether oxygens (including phenoxy) is 1. The van der Waals surface area contributed by atoms with Gasteiger partial charge in [-0.25, -0.2) is 9.18 Å². The molecule has 4 aromatic rings. The fourth-order valence-electron chi connectivity index (χ4n) is 5.31. The summed E-state index contributed by atoms with van der Waals surface area (Å²) in [5.41, 5.74) is 2.74. The van der Waals surface area contributed by atoms with E-state index in [0.717, 1.165) is 53.9 Å². The van der Waals surface area contributed by atoms with Crippen LogP contribution in [0.1, 0.15) is 69.3 Å². The van der Waals surface area contributed by atoms with E-state index in [1.165, 1.54) is 60.5 Å². The van der Waals surface area contributed by atoms with Crippen molar-refractivity contribution in [1.82, 2.24) is 5.32 Å². The number of rotatable bonds is 10. The number of fused-ring (bicyclic) bond motifs is 1. The van der Waals surface area contributed by atoms with Crippen LogP contribution in [0.5, 0.6) is 0 Å². The maximum absolute atomic E-state index is 13.5. The minimum absolute atomic E-state index is 0.0345. The second-order valence-electron chi connectivity index (χ2n) is 11.3. The van der Waals surface area contributed by atoms with Crippen molar-refractivity contribution in [3.63, 3.8) is 0 Å². The lowest BCUT2D eigenvalue weighted by Crippen LogP contribution is -2.30. The van der Waals surface area contributed by atoms with Gasteiger partial charge in [0.25, 0.3) is 11.8 Å². The summed E-state index contributed by atoms with van der Waals surface area (Å²) in [5, 5.41) is 8.45. The number of carbonyl (C=O) groups excluding carboxylic acids is 4. The number of thioether (sulfide) groups is 1. The Morgan fingerprint density at radius 1 is 0.896 bits per heavy atom. The fraction of sp³-hybridized carbons (Fsp3) is 0.243. The number of anilines is 2. The van der Waals surface area contributed by atoms with Crippen molar-refractivity contribution in [3.05, 3.63) is 118 Å². The molecule has 1 heterocycles. The number of thiophene rings is 1. The molecule has 0 bridgehead atoms. The highest BCUT2D eigenvalue weighted by Crippen LogP contribution is 2.38. The molecule has 1 unspecified atom stereocenters. The zero-order valence-electron chi connectivity index (χ0n) is 26.6. The molecule has 1 aliphatic carbocycles. The molecule has 1 aromatic heterocycles. The molecule has 0 spiro atoms. The predicted octanol–water partition coefficient (Wildman–Crippen LogP) is 7.86. The first-order valence-electron chi connectivity index (χ1n) is 15.7. The second-order valence-corrected chi connectivity index (χ2v) is 13.8. The van der Waals surface area contributed by atoms with Crippen LogP contribution in [0.2, 0.25) is 0 Å². The molecule has 0 saturated heterocycles. The Hall–Kier alpha value is -4.74. The van der Waals surface area contributed by atoms with Crippen LogP contribution < -0.4 is 16.0 Å². The topological polar surface area (TPSA) is 114 Å². The average molecular weight is 686 g/mol. The van der Waals surface area contributed by atoms with Crippen LogP contribution in [0.25, 0.3) is 6.08 Å². The van der Waals surface area contributed by atoms with Gasteiger partial charge in [0.2, 0.25) is 5.91 Å². The van der Waals surface area contributed by atoms with Gasteiger partial charge >= 0.3 is 5.97 Å². The molecule has 11 heteroatoms. The lowest BCUT2D eigenvalue weighted by molar-refractivity contribution is -0.115. The molecule has 48 heavy (non-hydrogen) atoms. The van der Waals surface area contributed by atoms with E-state index in [2.05, 4.69) is 16.0 Å². The van der Waals surface area contributed by atoms with Crippen molar-refractivity contribution < 1.29 is 28.3 Å². The first-order chi connectivity index (χ1) is 23.2. The van der Waals surface area contributed by atoms with Crippen LogP contribution >= 0.6 is 23.1 Å². The third-order valence-electron chi connectivity index (χ3n) is 7.78. The van der Waals surface area contributed by atoms with Gasteiger partial charge in [0.05, 0.1) is 17.9 Å². The summed E-state index contributed by atoms with van der Waals surface area (Å²) in [4.78, 5) is 54.4. The quantitative estimate of drug-likeness (QED) is 0.0890. The molecule has 3 amide bonds. The van der Waals surface area contributed by atoms with Crippen LogP contribution in [-0.4, -0.2) is 36.1 Å². The Morgan fingerprint density at radius 2 is 1.62 bits per heavy atom. The van der Waals surface area contributed by atoms with E-state index in [1.807, 2.05) is 6.07 Å². The largest absolute Gasteiger partial charge is 0.465 e. The third kappa shape index (κ3) is 8.99. The van der Waals surface area contributed by atoms with Crippen molar-refractivity contribution in [1.29, 1.82) is 0 Å². The lowest BCUT2D eigenvalue weighted by Gasteiger charge is -2.14. The number of benzene rings is 3. The highest BCUT2D eigenvalue weighted by atomic mass is 32.2. The first kappa shape index (κ1) is 34.6. The van der Waals surface area contributed by atoms with E-state index in [0.29, 0.717) is 27.4 Å². The highest BCUT2D eigenvalue weighted by Gasteiger charge is 2.27.